The van der Waals surface area contributed by atoms with E-state index in [1.54, 1.807) is 6.26 Å². The Morgan fingerprint density at radius 3 is 2.94 bits per heavy atom. The zero-order valence-electron chi connectivity index (χ0n) is 10.3. The average Bonchev–Trinajstić information content (AvgIpc) is 3.03. The average molecular weight is 236 g/mol. The van der Waals surface area contributed by atoms with E-state index in [4.69, 9.17) is 10.2 Å². The molecule has 0 aliphatic heterocycles. The molecule has 1 saturated carbocycles. The van der Waals surface area contributed by atoms with E-state index in [9.17, 15) is 4.79 Å². The van der Waals surface area contributed by atoms with E-state index < -0.39 is 0 Å². The zero-order valence-corrected chi connectivity index (χ0v) is 10.3. The van der Waals surface area contributed by atoms with Crippen LogP contribution in [0.3, 0.4) is 0 Å². The Morgan fingerprint density at radius 2 is 2.41 bits per heavy atom. The summed E-state index contributed by atoms with van der Waals surface area (Å²) in [4.78, 5) is 13.8. The van der Waals surface area contributed by atoms with E-state index in [1.165, 1.54) is 12.8 Å². The molecular formula is C13H20N2O2. The zero-order chi connectivity index (χ0) is 12.3. The van der Waals surface area contributed by atoms with Crippen LogP contribution in [0, 0.1) is 5.92 Å². The summed E-state index contributed by atoms with van der Waals surface area (Å²) in [5.41, 5.74) is 5.73. The van der Waals surface area contributed by atoms with Crippen LogP contribution >= 0.6 is 0 Å². The smallest absolute Gasteiger partial charge is 0.223 e. The number of nitrogens with zero attached hydrogens (tertiary/aromatic N) is 1. The summed E-state index contributed by atoms with van der Waals surface area (Å²) in [6.07, 6.45) is 5.21. The quantitative estimate of drug-likeness (QED) is 0.812. The first-order valence-corrected chi connectivity index (χ1v) is 6.20. The second-order valence-electron chi connectivity index (χ2n) is 4.72. The van der Waals surface area contributed by atoms with Crippen LogP contribution in [0.5, 0.6) is 0 Å². The van der Waals surface area contributed by atoms with Crippen molar-refractivity contribution in [3.05, 3.63) is 24.2 Å². The Labute approximate surface area is 102 Å². The summed E-state index contributed by atoms with van der Waals surface area (Å²) >= 11 is 0. The largest absolute Gasteiger partial charge is 0.469 e. The van der Waals surface area contributed by atoms with Gasteiger partial charge < -0.3 is 15.1 Å². The molecule has 1 aromatic heterocycles. The SMILES string of the molecule is CN(C(=O)CCc1ccco1)C(CN)C1CC1. The molecule has 4 heteroatoms. The summed E-state index contributed by atoms with van der Waals surface area (Å²) in [6, 6.07) is 3.96. The number of hydrogen-bond donors (Lipinski definition) is 1. The molecule has 4 nitrogen and oxygen atoms in total. The number of carbonyl (C=O) groups is 1. The molecule has 1 atom stereocenters. The molecule has 1 heterocycles. The lowest BCUT2D eigenvalue weighted by Crippen LogP contribution is -2.43. The summed E-state index contributed by atoms with van der Waals surface area (Å²) < 4.78 is 5.21. The van der Waals surface area contributed by atoms with Crippen molar-refractivity contribution in [1.29, 1.82) is 0 Å². The number of amides is 1. The maximum Gasteiger partial charge on any atom is 0.223 e. The Kier molecular flexibility index (Phi) is 3.84. The number of hydrogen-bond acceptors (Lipinski definition) is 3. The third-order valence-corrected chi connectivity index (χ3v) is 3.46. The van der Waals surface area contributed by atoms with Gasteiger partial charge in [-0.25, -0.2) is 0 Å². The van der Waals surface area contributed by atoms with Gasteiger partial charge in [-0.05, 0) is 30.9 Å². The van der Waals surface area contributed by atoms with Crippen molar-refractivity contribution >= 4 is 5.91 Å². The van der Waals surface area contributed by atoms with Crippen molar-refractivity contribution in [2.24, 2.45) is 11.7 Å². The predicted octanol–water partition coefficient (Wildman–Crippen LogP) is 1.41. The fourth-order valence-corrected chi connectivity index (χ4v) is 2.19. The molecule has 0 bridgehead atoms. The van der Waals surface area contributed by atoms with Gasteiger partial charge in [0.05, 0.1) is 6.26 Å². The molecule has 1 unspecified atom stereocenters. The molecule has 0 saturated heterocycles. The lowest BCUT2D eigenvalue weighted by Gasteiger charge is -2.27. The second-order valence-corrected chi connectivity index (χ2v) is 4.72. The molecule has 1 amide bonds. The maximum atomic E-state index is 12.0. The first-order chi connectivity index (χ1) is 8.22. The van der Waals surface area contributed by atoms with Crippen LogP contribution in [-0.2, 0) is 11.2 Å². The maximum absolute atomic E-state index is 12.0. The number of nitrogens with two attached hydrogens (primary N) is 1. The Hall–Kier alpha value is -1.29. The molecule has 1 aromatic rings. The minimum Gasteiger partial charge on any atom is -0.469 e. The molecule has 0 aromatic carbocycles. The van der Waals surface area contributed by atoms with E-state index in [2.05, 4.69) is 0 Å². The standard InChI is InChI=1S/C13H20N2O2/c1-15(12(9-14)10-4-5-10)13(16)7-6-11-3-2-8-17-11/h2-3,8,10,12H,4-7,9,14H2,1H3. The molecule has 1 aliphatic carbocycles. The Bertz CT molecular complexity index is 358. The van der Waals surface area contributed by atoms with Crippen molar-refractivity contribution < 1.29 is 9.21 Å². The highest BCUT2D eigenvalue weighted by Gasteiger charge is 2.34. The molecule has 2 N–H and O–H groups in total. The van der Waals surface area contributed by atoms with Gasteiger partial charge in [-0.3, -0.25) is 4.79 Å². The third-order valence-electron chi connectivity index (χ3n) is 3.46. The van der Waals surface area contributed by atoms with E-state index in [0.29, 0.717) is 25.3 Å². The molecular weight excluding hydrogens is 216 g/mol. The summed E-state index contributed by atoms with van der Waals surface area (Å²) in [6.45, 7) is 0.563. The van der Waals surface area contributed by atoms with Crippen molar-refractivity contribution in [2.75, 3.05) is 13.6 Å². The highest BCUT2D eigenvalue weighted by Crippen LogP contribution is 2.34. The number of carbonyl (C=O) groups excluding carboxylic acids is 1. The molecule has 0 spiro atoms. The molecule has 17 heavy (non-hydrogen) atoms. The van der Waals surface area contributed by atoms with Gasteiger partial charge in [0.2, 0.25) is 5.91 Å². The summed E-state index contributed by atoms with van der Waals surface area (Å²) in [5.74, 6) is 1.64. The number of furan rings is 1. The third kappa shape index (κ3) is 3.09. The van der Waals surface area contributed by atoms with Crippen molar-refractivity contribution in [3.63, 3.8) is 0 Å². The van der Waals surface area contributed by atoms with Gasteiger partial charge in [0.1, 0.15) is 5.76 Å². The molecule has 2 rings (SSSR count). The van der Waals surface area contributed by atoms with Crippen LogP contribution in [0.4, 0.5) is 0 Å². The van der Waals surface area contributed by atoms with Crippen LogP contribution < -0.4 is 5.73 Å². The Morgan fingerprint density at radius 1 is 1.65 bits per heavy atom. The van der Waals surface area contributed by atoms with Gasteiger partial charge in [-0.2, -0.15) is 0 Å². The van der Waals surface area contributed by atoms with Gasteiger partial charge in [0, 0.05) is 32.5 Å². The first-order valence-electron chi connectivity index (χ1n) is 6.20. The summed E-state index contributed by atoms with van der Waals surface area (Å²) in [7, 11) is 1.86. The van der Waals surface area contributed by atoms with Crippen molar-refractivity contribution in [2.45, 2.75) is 31.7 Å². The number of aryl methyl sites for hydroxylation is 1. The fraction of sp³-hybridized carbons (Fsp3) is 0.615. The van der Waals surface area contributed by atoms with Crippen LogP contribution in [0.25, 0.3) is 0 Å². The number of likely N-dealkylation sites (N-methyl/N-ethyl adjacent to an activating group) is 1. The van der Waals surface area contributed by atoms with E-state index in [0.717, 1.165) is 5.76 Å². The van der Waals surface area contributed by atoms with Crippen LogP contribution in [0.15, 0.2) is 22.8 Å². The van der Waals surface area contributed by atoms with Gasteiger partial charge >= 0.3 is 0 Å². The van der Waals surface area contributed by atoms with Crippen molar-refractivity contribution in [3.8, 4) is 0 Å². The highest BCUT2D eigenvalue weighted by atomic mass is 16.3. The summed E-state index contributed by atoms with van der Waals surface area (Å²) in [5, 5.41) is 0. The number of rotatable bonds is 6. The van der Waals surface area contributed by atoms with E-state index >= 15 is 0 Å². The minimum atomic E-state index is 0.156. The minimum absolute atomic E-state index is 0.156. The van der Waals surface area contributed by atoms with Crippen LogP contribution in [0.2, 0.25) is 0 Å². The highest BCUT2D eigenvalue weighted by molar-refractivity contribution is 5.76. The molecule has 0 radical (unpaired) electrons. The monoisotopic (exact) mass is 236 g/mol. The fourth-order valence-electron chi connectivity index (χ4n) is 2.19. The molecule has 94 valence electrons. The second kappa shape index (κ2) is 5.36. The lowest BCUT2D eigenvalue weighted by atomic mass is 10.1. The molecule has 1 aliphatic rings. The lowest BCUT2D eigenvalue weighted by molar-refractivity contribution is -0.132. The topological polar surface area (TPSA) is 59.5 Å². The van der Waals surface area contributed by atoms with Gasteiger partial charge in [0.15, 0.2) is 0 Å². The molecule has 1 fully saturated rings. The Balaban J connectivity index is 1.81. The van der Waals surface area contributed by atoms with Crippen LogP contribution in [-0.4, -0.2) is 30.4 Å². The van der Waals surface area contributed by atoms with Crippen LogP contribution in [0.1, 0.15) is 25.0 Å². The van der Waals surface area contributed by atoms with Gasteiger partial charge in [-0.15, -0.1) is 0 Å². The first kappa shape index (κ1) is 12.2. The van der Waals surface area contributed by atoms with Gasteiger partial charge in [-0.1, -0.05) is 0 Å². The van der Waals surface area contributed by atoms with E-state index in [-0.39, 0.29) is 11.9 Å². The predicted molar refractivity (Wildman–Crippen MR) is 65.4 cm³/mol. The normalized spacial score (nSPS) is 16.8. The van der Waals surface area contributed by atoms with E-state index in [1.807, 2.05) is 24.1 Å². The van der Waals surface area contributed by atoms with Gasteiger partial charge in [0.25, 0.3) is 0 Å². The van der Waals surface area contributed by atoms with Crippen molar-refractivity contribution in [1.82, 2.24) is 4.90 Å².